The van der Waals surface area contributed by atoms with Crippen LogP contribution in [0.4, 0.5) is 18.0 Å². The molecule has 0 radical (unpaired) electrons. The van der Waals surface area contributed by atoms with Crippen LogP contribution in [0.25, 0.3) is 0 Å². The Morgan fingerprint density at radius 2 is 1.44 bits per heavy atom. The fourth-order valence-corrected chi connectivity index (χ4v) is 4.87. The van der Waals surface area contributed by atoms with Gasteiger partial charge >= 0.3 is 12.3 Å². The van der Waals surface area contributed by atoms with E-state index in [4.69, 9.17) is 9.47 Å². The van der Waals surface area contributed by atoms with Crippen molar-refractivity contribution in [1.82, 2.24) is 9.80 Å². The van der Waals surface area contributed by atoms with Gasteiger partial charge < -0.3 is 24.4 Å². The maximum Gasteiger partial charge on any atom is 0.416 e. The second kappa shape index (κ2) is 11.1. The van der Waals surface area contributed by atoms with E-state index < -0.39 is 22.9 Å². The summed E-state index contributed by atoms with van der Waals surface area (Å²) >= 11 is 0. The van der Waals surface area contributed by atoms with Crippen LogP contribution in [-0.4, -0.2) is 64.8 Å². The summed E-state index contributed by atoms with van der Waals surface area (Å²) in [5.41, 5.74) is -1.18. The van der Waals surface area contributed by atoms with Crippen molar-refractivity contribution < 1.29 is 37.3 Å². The Bertz CT molecular complexity index is 1140. The molecule has 0 bridgehead atoms. The van der Waals surface area contributed by atoms with Gasteiger partial charge in [-0.2, -0.15) is 13.2 Å². The minimum Gasteiger partial charge on any atom is -0.490 e. The van der Waals surface area contributed by atoms with E-state index in [1.807, 2.05) is 20.8 Å². The van der Waals surface area contributed by atoms with Crippen LogP contribution < -0.4 is 4.74 Å². The summed E-state index contributed by atoms with van der Waals surface area (Å²) in [5, 5.41) is 11.2. The number of nitrogens with zero attached hydrogens (tertiary/aromatic N) is 2. The van der Waals surface area contributed by atoms with Crippen LogP contribution in [-0.2, 0) is 16.5 Å². The third kappa shape index (κ3) is 7.23. The molecule has 0 aromatic heterocycles. The van der Waals surface area contributed by atoms with Gasteiger partial charge in [0.25, 0.3) is 5.91 Å². The van der Waals surface area contributed by atoms with Crippen LogP contribution in [0.3, 0.4) is 0 Å². The van der Waals surface area contributed by atoms with Gasteiger partial charge in [-0.05, 0) is 75.6 Å². The van der Waals surface area contributed by atoms with Gasteiger partial charge in [0.1, 0.15) is 17.5 Å². The Hall–Kier alpha value is -3.27. The zero-order valence-electron chi connectivity index (χ0n) is 22.5. The topological polar surface area (TPSA) is 79.3 Å². The number of amides is 2. The zero-order valence-corrected chi connectivity index (χ0v) is 22.5. The molecule has 212 valence electrons. The molecule has 0 unspecified atom stereocenters. The Balaban J connectivity index is 1.27. The molecule has 39 heavy (non-hydrogen) atoms. The first-order chi connectivity index (χ1) is 18.2. The summed E-state index contributed by atoms with van der Waals surface area (Å²) in [4.78, 5) is 28.7. The van der Waals surface area contributed by atoms with E-state index >= 15 is 0 Å². The normalized spacial score (nSPS) is 18.5. The lowest BCUT2D eigenvalue weighted by Gasteiger charge is -2.39. The number of benzene rings is 2. The van der Waals surface area contributed by atoms with Crippen LogP contribution in [0.1, 0.15) is 67.9 Å². The SMILES string of the molecule is CC(C)(C)OC(=O)N1CCC(O)(c2ccc(C(=O)N3CCC(Oc4ccc(C(F)(F)F)cc4)CC3)cc2)CC1. The van der Waals surface area contributed by atoms with Gasteiger partial charge in [0.15, 0.2) is 0 Å². The maximum atomic E-state index is 13.1. The number of hydrogen-bond acceptors (Lipinski definition) is 5. The summed E-state index contributed by atoms with van der Waals surface area (Å²) in [5.74, 6) is 0.250. The number of carbonyl (C=O) groups excluding carboxylic acids is 2. The molecule has 0 saturated carbocycles. The molecule has 2 aliphatic rings. The summed E-state index contributed by atoms with van der Waals surface area (Å²) in [6.07, 6.45) is -3.09. The average molecular weight is 549 g/mol. The third-order valence-corrected chi connectivity index (χ3v) is 7.13. The van der Waals surface area contributed by atoms with Crippen LogP contribution in [0.5, 0.6) is 5.75 Å². The number of ether oxygens (including phenoxy) is 2. The van der Waals surface area contributed by atoms with Crippen LogP contribution >= 0.6 is 0 Å². The highest BCUT2D eigenvalue weighted by Gasteiger charge is 2.37. The van der Waals surface area contributed by atoms with Gasteiger partial charge in [-0.15, -0.1) is 0 Å². The monoisotopic (exact) mass is 548 g/mol. The van der Waals surface area contributed by atoms with E-state index in [1.54, 1.807) is 34.1 Å². The van der Waals surface area contributed by atoms with Gasteiger partial charge in [0.2, 0.25) is 0 Å². The standard InChI is InChI=1S/C29H35F3N2O5/c1-27(2,3)39-26(36)34-18-14-28(37,15-19-34)21-6-4-20(5-7-21)25(35)33-16-12-24(13-17-33)38-23-10-8-22(9-11-23)29(30,31)32/h4-11,24,37H,12-19H2,1-3H3. The molecule has 1 N–H and O–H groups in total. The first kappa shape index (κ1) is 28.7. The summed E-state index contributed by atoms with van der Waals surface area (Å²) in [7, 11) is 0. The smallest absolute Gasteiger partial charge is 0.416 e. The van der Waals surface area contributed by atoms with Crippen molar-refractivity contribution >= 4 is 12.0 Å². The van der Waals surface area contributed by atoms with E-state index in [0.717, 1.165) is 12.1 Å². The molecule has 2 fully saturated rings. The van der Waals surface area contributed by atoms with Gasteiger partial charge in [0.05, 0.1) is 11.2 Å². The fourth-order valence-electron chi connectivity index (χ4n) is 4.87. The molecule has 4 rings (SSSR count). The number of rotatable bonds is 4. The predicted molar refractivity (Wildman–Crippen MR) is 138 cm³/mol. The molecular weight excluding hydrogens is 513 g/mol. The van der Waals surface area contributed by atoms with Gasteiger partial charge in [-0.3, -0.25) is 4.79 Å². The van der Waals surface area contributed by atoms with E-state index in [1.165, 1.54) is 12.1 Å². The molecule has 2 aromatic rings. The number of hydrogen-bond donors (Lipinski definition) is 1. The van der Waals surface area contributed by atoms with Crippen molar-refractivity contribution in [3.05, 3.63) is 65.2 Å². The van der Waals surface area contributed by atoms with Crippen LogP contribution in [0.15, 0.2) is 48.5 Å². The molecule has 7 nitrogen and oxygen atoms in total. The first-order valence-corrected chi connectivity index (χ1v) is 13.2. The first-order valence-electron chi connectivity index (χ1n) is 13.2. The van der Waals surface area contributed by atoms with Gasteiger partial charge in [0, 0.05) is 44.6 Å². The molecule has 2 aromatic carbocycles. The largest absolute Gasteiger partial charge is 0.490 e. The quantitative estimate of drug-likeness (QED) is 0.538. The highest BCUT2D eigenvalue weighted by Crippen LogP contribution is 2.34. The number of halogens is 3. The Morgan fingerprint density at radius 1 is 0.872 bits per heavy atom. The van der Waals surface area contributed by atoms with Crippen LogP contribution in [0.2, 0.25) is 0 Å². The Labute approximate surface area is 226 Å². The molecule has 2 amide bonds. The number of carbonyl (C=O) groups is 2. The van der Waals surface area contributed by atoms with Crippen molar-refractivity contribution in [2.45, 2.75) is 69.9 Å². The average Bonchev–Trinajstić information content (AvgIpc) is 2.88. The predicted octanol–water partition coefficient (Wildman–Crippen LogP) is 5.61. The van der Waals surface area contributed by atoms with Crippen molar-refractivity contribution in [1.29, 1.82) is 0 Å². The second-order valence-corrected chi connectivity index (χ2v) is 11.2. The van der Waals surface area contributed by atoms with Gasteiger partial charge in [-0.25, -0.2) is 4.79 Å². The van der Waals surface area contributed by atoms with E-state index in [0.29, 0.717) is 68.7 Å². The summed E-state index contributed by atoms with van der Waals surface area (Å²) < 4.78 is 49.5. The van der Waals surface area contributed by atoms with Crippen LogP contribution in [0, 0.1) is 0 Å². The molecule has 0 atom stereocenters. The van der Waals surface area contributed by atoms with Crippen molar-refractivity contribution in [2.75, 3.05) is 26.2 Å². The molecule has 2 saturated heterocycles. The fraction of sp³-hybridized carbons (Fsp3) is 0.517. The molecule has 0 aliphatic carbocycles. The second-order valence-electron chi connectivity index (χ2n) is 11.2. The summed E-state index contributed by atoms with van der Waals surface area (Å²) in [6, 6.07) is 11.6. The number of aliphatic hydroxyl groups is 1. The summed E-state index contributed by atoms with van der Waals surface area (Å²) in [6.45, 7) is 7.12. The highest BCUT2D eigenvalue weighted by atomic mass is 19.4. The molecule has 2 aliphatic heterocycles. The number of piperidine rings is 2. The zero-order chi connectivity index (χ0) is 28.4. The minimum atomic E-state index is -4.39. The highest BCUT2D eigenvalue weighted by molar-refractivity contribution is 5.94. The molecule has 2 heterocycles. The Kier molecular flexibility index (Phi) is 8.16. The molecular formula is C29H35F3N2O5. The lowest BCUT2D eigenvalue weighted by Crippen LogP contribution is -2.46. The van der Waals surface area contributed by atoms with Gasteiger partial charge in [-0.1, -0.05) is 12.1 Å². The molecule has 10 heteroatoms. The van der Waals surface area contributed by atoms with Crippen molar-refractivity contribution in [2.24, 2.45) is 0 Å². The van der Waals surface area contributed by atoms with Crippen molar-refractivity contribution in [3.8, 4) is 5.75 Å². The van der Waals surface area contributed by atoms with E-state index in [-0.39, 0.29) is 18.1 Å². The lowest BCUT2D eigenvalue weighted by atomic mass is 9.84. The number of alkyl halides is 3. The number of likely N-dealkylation sites (tertiary alicyclic amines) is 2. The van der Waals surface area contributed by atoms with E-state index in [9.17, 15) is 27.9 Å². The minimum absolute atomic E-state index is 0.124. The maximum absolute atomic E-state index is 13.1. The van der Waals surface area contributed by atoms with E-state index in [2.05, 4.69) is 0 Å². The third-order valence-electron chi connectivity index (χ3n) is 7.13. The Morgan fingerprint density at radius 3 is 1.95 bits per heavy atom. The lowest BCUT2D eigenvalue weighted by molar-refractivity contribution is -0.137. The molecule has 0 spiro atoms. The van der Waals surface area contributed by atoms with Crippen molar-refractivity contribution in [3.63, 3.8) is 0 Å².